The number of ether oxygens (including phenoxy) is 2. The molecule has 0 bridgehead atoms. The second kappa shape index (κ2) is 5.35. The van der Waals surface area contributed by atoms with Crippen molar-refractivity contribution in [1.82, 2.24) is 14.8 Å². The highest BCUT2D eigenvalue weighted by Gasteiger charge is 2.10. The molecule has 0 radical (unpaired) electrons. The SMILES string of the molecule is C=C(COc1nc(-c2ccccc2)n(C)n1)OC. The van der Waals surface area contributed by atoms with Crippen molar-refractivity contribution in [1.29, 1.82) is 0 Å². The number of aryl methyl sites for hydroxylation is 1. The second-order valence-corrected chi connectivity index (χ2v) is 3.74. The van der Waals surface area contributed by atoms with Gasteiger partial charge in [0.2, 0.25) is 0 Å². The standard InChI is InChI=1S/C13H15N3O2/c1-10(17-3)9-18-13-14-12(16(2)15-13)11-7-5-4-6-8-11/h4-8H,1,9H2,2-3H3. The summed E-state index contributed by atoms with van der Waals surface area (Å²) in [6.07, 6.45) is 0. The Balaban J connectivity index is 2.15. The summed E-state index contributed by atoms with van der Waals surface area (Å²) in [5, 5.41) is 4.18. The van der Waals surface area contributed by atoms with Crippen molar-refractivity contribution in [3.05, 3.63) is 42.7 Å². The van der Waals surface area contributed by atoms with Crippen molar-refractivity contribution in [3.63, 3.8) is 0 Å². The molecule has 1 heterocycles. The van der Waals surface area contributed by atoms with E-state index in [2.05, 4.69) is 16.7 Å². The predicted octanol–water partition coefficient (Wildman–Crippen LogP) is 2.02. The molecule has 0 aliphatic rings. The minimum Gasteiger partial charge on any atom is -0.498 e. The van der Waals surface area contributed by atoms with Crippen LogP contribution < -0.4 is 4.74 Å². The molecule has 2 rings (SSSR count). The first kappa shape index (κ1) is 12.2. The zero-order chi connectivity index (χ0) is 13.0. The van der Waals surface area contributed by atoms with Gasteiger partial charge in [-0.15, -0.1) is 5.10 Å². The molecule has 0 aliphatic carbocycles. The number of hydrogen-bond acceptors (Lipinski definition) is 4. The first-order chi connectivity index (χ1) is 8.70. The Bertz CT molecular complexity index is 534. The fraction of sp³-hybridized carbons (Fsp3) is 0.231. The van der Waals surface area contributed by atoms with Crippen LogP contribution in [0.2, 0.25) is 0 Å². The van der Waals surface area contributed by atoms with Crippen molar-refractivity contribution >= 4 is 0 Å². The summed E-state index contributed by atoms with van der Waals surface area (Å²) in [6.45, 7) is 3.91. The molecule has 0 N–H and O–H groups in total. The minimum absolute atomic E-state index is 0.245. The zero-order valence-electron chi connectivity index (χ0n) is 10.5. The van der Waals surface area contributed by atoms with E-state index in [9.17, 15) is 0 Å². The van der Waals surface area contributed by atoms with Gasteiger partial charge in [0.25, 0.3) is 0 Å². The van der Waals surface area contributed by atoms with Crippen molar-refractivity contribution in [2.24, 2.45) is 7.05 Å². The summed E-state index contributed by atoms with van der Waals surface area (Å²) >= 11 is 0. The monoisotopic (exact) mass is 245 g/mol. The van der Waals surface area contributed by atoms with Gasteiger partial charge in [-0.3, -0.25) is 0 Å². The topological polar surface area (TPSA) is 49.2 Å². The molecule has 94 valence electrons. The van der Waals surface area contributed by atoms with Gasteiger partial charge in [-0.05, 0) is 0 Å². The van der Waals surface area contributed by atoms with E-state index in [-0.39, 0.29) is 6.61 Å². The molecular weight excluding hydrogens is 230 g/mol. The van der Waals surface area contributed by atoms with Gasteiger partial charge >= 0.3 is 6.01 Å². The minimum atomic E-state index is 0.245. The van der Waals surface area contributed by atoms with Crippen LogP contribution >= 0.6 is 0 Å². The average molecular weight is 245 g/mol. The molecule has 0 saturated heterocycles. The summed E-state index contributed by atoms with van der Waals surface area (Å²) < 4.78 is 12.0. The van der Waals surface area contributed by atoms with Crippen LogP contribution in [0.25, 0.3) is 11.4 Å². The normalized spacial score (nSPS) is 10.1. The smallest absolute Gasteiger partial charge is 0.336 e. The van der Waals surface area contributed by atoms with Crippen LogP contribution in [0, 0.1) is 0 Å². The zero-order valence-corrected chi connectivity index (χ0v) is 10.5. The van der Waals surface area contributed by atoms with Gasteiger partial charge in [-0.25, -0.2) is 4.68 Å². The number of nitrogens with zero attached hydrogens (tertiary/aromatic N) is 3. The van der Waals surface area contributed by atoms with Gasteiger partial charge < -0.3 is 9.47 Å². The van der Waals surface area contributed by atoms with Crippen LogP contribution in [0.4, 0.5) is 0 Å². The van der Waals surface area contributed by atoms with E-state index in [4.69, 9.17) is 9.47 Å². The molecule has 5 nitrogen and oxygen atoms in total. The van der Waals surface area contributed by atoms with E-state index in [0.29, 0.717) is 11.8 Å². The quantitative estimate of drug-likeness (QED) is 0.756. The van der Waals surface area contributed by atoms with E-state index in [1.807, 2.05) is 37.4 Å². The van der Waals surface area contributed by atoms with Crippen LogP contribution in [-0.2, 0) is 11.8 Å². The lowest BCUT2D eigenvalue weighted by Gasteiger charge is -2.02. The van der Waals surface area contributed by atoms with E-state index in [1.54, 1.807) is 11.8 Å². The summed E-state index contributed by atoms with van der Waals surface area (Å²) in [7, 11) is 3.38. The molecule has 2 aromatic rings. The van der Waals surface area contributed by atoms with Crippen LogP contribution in [0.15, 0.2) is 42.7 Å². The molecule has 1 aromatic carbocycles. The molecule has 18 heavy (non-hydrogen) atoms. The molecular formula is C13H15N3O2. The third-order valence-electron chi connectivity index (χ3n) is 2.43. The molecule has 5 heteroatoms. The third kappa shape index (κ3) is 2.68. The Labute approximate surface area is 106 Å². The van der Waals surface area contributed by atoms with Crippen molar-refractivity contribution in [2.75, 3.05) is 13.7 Å². The Morgan fingerprint density at radius 1 is 1.33 bits per heavy atom. The highest BCUT2D eigenvalue weighted by molar-refractivity contribution is 5.54. The molecule has 0 spiro atoms. The van der Waals surface area contributed by atoms with Crippen LogP contribution in [0.3, 0.4) is 0 Å². The molecule has 0 atom stereocenters. The lowest BCUT2D eigenvalue weighted by Crippen LogP contribution is -2.03. The maximum absolute atomic E-state index is 5.37. The number of benzene rings is 1. The van der Waals surface area contributed by atoms with Gasteiger partial charge in [0, 0.05) is 12.6 Å². The Morgan fingerprint density at radius 3 is 2.72 bits per heavy atom. The van der Waals surface area contributed by atoms with E-state index in [1.165, 1.54) is 0 Å². The largest absolute Gasteiger partial charge is 0.498 e. The fourth-order valence-corrected chi connectivity index (χ4v) is 1.46. The van der Waals surface area contributed by atoms with E-state index in [0.717, 1.165) is 11.4 Å². The summed E-state index contributed by atoms with van der Waals surface area (Å²) in [6, 6.07) is 10.1. The number of methoxy groups -OCH3 is 1. The lowest BCUT2D eigenvalue weighted by atomic mass is 10.2. The fourth-order valence-electron chi connectivity index (χ4n) is 1.46. The molecule has 0 amide bonds. The summed E-state index contributed by atoms with van der Waals surface area (Å²) in [4.78, 5) is 4.32. The molecule has 1 aromatic heterocycles. The van der Waals surface area contributed by atoms with Crippen LogP contribution in [0.5, 0.6) is 6.01 Å². The Kier molecular flexibility index (Phi) is 3.62. The van der Waals surface area contributed by atoms with Gasteiger partial charge in [-0.1, -0.05) is 36.9 Å². The highest BCUT2D eigenvalue weighted by atomic mass is 16.5. The predicted molar refractivity (Wildman–Crippen MR) is 68.1 cm³/mol. The molecule has 0 unspecified atom stereocenters. The second-order valence-electron chi connectivity index (χ2n) is 3.74. The van der Waals surface area contributed by atoms with Gasteiger partial charge in [0.1, 0.15) is 12.4 Å². The number of hydrogen-bond donors (Lipinski definition) is 0. The van der Waals surface area contributed by atoms with Crippen molar-refractivity contribution in [2.45, 2.75) is 0 Å². The molecule has 0 aliphatic heterocycles. The number of rotatable bonds is 5. The Morgan fingerprint density at radius 2 is 2.06 bits per heavy atom. The van der Waals surface area contributed by atoms with E-state index < -0.39 is 0 Å². The maximum Gasteiger partial charge on any atom is 0.336 e. The number of aromatic nitrogens is 3. The Hall–Kier alpha value is -2.30. The maximum atomic E-state index is 5.37. The lowest BCUT2D eigenvalue weighted by molar-refractivity contribution is 0.212. The molecule has 0 saturated carbocycles. The van der Waals surface area contributed by atoms with Gasteiger partial charge in [0.05, 0.1) is 7.11 Å². The highest BCUT2D eigenvalue weighted by Crippen LogP contribution is 2.18. The van der Waals surface area contributed by atoms with Crippen LogP contribution in [-0.4, -0.2) is 28.5 Å². The van der Waals surface area contributed by atoms with Crippen molar-refractivity contribution < 1.29 is 9.47 Å². The summed E-state index contributed by atoms with van der Waals surface area (Å²) in [5.41, 5.74) is 0.993. The van der Waals surface area contributed by atoms with Crippen molar-refractivity contribution in [3.8, 4) is 17.4 Å². The van der Waals surface area contributed by atoms with E-state index >= 15 is 0 Å². The summed E-state index contributed by atoms with van der Waals surface area (Å²) in [5.74, 6) is 1.29. The van der Waals surface area contributed by atoms with Gasteiger partial charge in [0.15, 0.2) is 5.82 Å². The first-order valence-corrected chi connectivity index (χ1v) is 5.51. The average Bonchev–Trinajstić information content (AvgIpc) is 2.78. The third-order valence-corrected chi connectivity index (χ3v) is 2.43. The molecule has 0 fully saturated rings. The first-order valence-electron chi connectivity index (χ1n) is 5.51. The van der Waals surface area contributed by atoms with Crippen LogP contribution in [0.1, 0.15) is 0 Å². The van der Waals surface area contributed by atoms with Gasteiger partial charge in [-0.2, -0.15) is 4.98 Å².